The fraction of sp³-hybridized carbons (Fsp3) is 0.733. The lowest BCUT2D eigenvalue weighted by Gasteiger charge is -2.24. The van der Waals surface area contributed by atoms with Crippen LogP contribution < -0.4 is 5.32 Å². The highest BCUT2D eigenvalue weighted by molar-refractivity contribution is 5.96. The van der Waals surface area contributed by atoms with Crippen LogP contribution >= 0.6 is 0 Å². The van der Waals surface area contributed by atoms with Crippen molar-refractivity contribution in [2.24, 2.45) is 5.92 Å². The molecule has 0 radical (unpaired) electrons. The van der Waals surface area contributed by atoms with Gasteiger partial charge < -0.3 is 14.9 Å². The van der Waals surface area contributed by atoms with Crippen LogP contribution in [0, 0.1) is 12.8 Å². The molecule has 1 amide bonds. The van der Waals surface area contributed by atoms with E-state index < -0.39 is 0 Å². The maximum Gasteiger partial charge on any atom is 0.257 e. The van der Waals surface area contributed by atoms with Crippen molar-refractivity contribution >= 4 is 5.91 Å². The first-order valence-corrected chi connectivity index (χ1v) is 7.54. The molecule has 1 aliphatic rings. The number of aliphatic hydroxyl groups is 1. The lowest BCUT2D eigenvalue weighted by Crippen LogP contribution is -2.41. The average Bonchev–Trinajstić information content (AvgIpc) is 2.68. The summed E-state index contributed by atoms with van der Waals surface area (Å²) >= 11 is 0. The molecule has 5 nitrogen and oxygen atoms in total. The van der Waals surface area contributed by atoms with Crippen molar-refractivity contribution < 1.29 is 14.4 Å². The Kier molecular flexibility index (Phi) is 5.17. The highest BCUT2D eigenvalue weighted by atomic mass is 16.5. The van der Waals surface area contributed by atoms with E-state index in [0.29, 0.717) is 23.4 Å². The fourth-order valence-electron chi connectivity index (χ4n) is 2.98. The van der Waals surface area contributed by atoms with Gasteiger partial charge in [-0.2, -0.15) is 0 Å². The smallest absolute Gasteiger partial charge is 0.257 e. The maximum absolute atomic E-state index is 12.5. The summed E-state index contributed by atoms with van der Waals surface area (Å²) in [6.45, 7) is 3.86. The third kappa shape index (κ3) is 3.20. The van der Waals surface area contributed by atoms with E-state index in [1.165, 1.54) is 6.42 Å². The van der Waals surface area contributed by atoms with Crippen LogP contribution in [0.15, 0.2) is 4.52 Å². The quantitative estimate of drug-likeness (QED) is 0.829. The van der Waals surface area contributed by atoms with Crippen LogP contribution in [0.4, 0.5) is 0 Å². The molecule has 0 unspecified atom stereocenters. The zero-order valence-corrected chi connectivity index (χ0v) is 12.3. The minimum absolute atomic E-state index is 0.0500. The van der Waals surface area contributed by atoms with E-state index >= 15 is 0 Å². The van der Waals surface area contributed by atoms with E-state index in [0.717, 1.165) is 25.7 Å². The first-order valence-electron chi connectivity index (χ1n) is 7.54. The van der Waals surface area contributed by atoms with Gasteiger partial charge in [-0.3, -0.25) is 4.79 Å². The number of hydrogen-bond donors (Lipinski definition) is 2. The summed E-state index contributed by atoms with van der Waals surface area (Å²) in [5.41, 5.74) is 1.20. The fourth-order valence-corrected chi connectivity index (χ4v) is 2.98. The number of carbonyl (C=O) groups is 1. The van der Waals surface area contributed by atoms with E-state index in [9.17, 15) is 9.90 Å². The molecule has 1 heterocycles. The first-order chi connectivity index (χ1) is 9.67. The standard InChI is InChI=1S/C15H24N2O3/c1-3-13-14(10(2)17-20-13)15(19)16-12-8-6-4-5-7-11(12)9-18/h11-12,18H,3-9H2,1-2H3,(H,16,19)/t11-,12+/m0/s1. The molecule has 5 heteroatoms. The van der Waals surface area contributed by atoms with E-state index in [1.54, 1.807) is 6.92 Å². The minimum Gasteiger partial charge on any atom is -0.396 e. The van der Waals surface area contributed by atoms with Crippen molar-refractivity contribution in [1.82, 2.24) is 10.5 Å². The van der Waals surface area contributed by atoms with Crippen molar-refractivity contribution in [3.8, 4) is 0 Å². The SMILES string of the molecule is CCc1onc(C)c1C(=O)N[C@@H]1CCCCC[C@H]1CO. The lowest BCUT2D eigenvalue weighted by molar-refractivity contribution is 0.0897. The number of aryl methyl sites for hydroxylation is 2. The summed E-state index contributed by atoms with van der Waals surface area (Å²) in [6.07, 6.45) is 5.97. The first kappa shape index (κ1) is 15.0. The summed E-state index contributed by atoms with van der Waals surface area (Å²) in [5, 5.41) is 16.5. The molecule has 20 heavy (non-hydrogen) atoms. The van der Waals surface area contributed by atoms with Crippen LogP contribution in [0.2, 0.25) is 0 Å². The normalized spacial score (nSPS) is 23.4. The van der Waals surface area contributed by atoms with Crippen molar-refractivity contribution in [3.63, 3.8) is 0 Å². The third-order valence-electron chi connectivity index (χ3n) is 4.19. The highest BCUT2D eigenvalue weighted by Crippen LogP contribution is 2.24. The van der Waals surface area contributed by atoms with E-state index in [1.807, 2.05) is 6.92 Å². The number of amides is 1. The molecular weight excluding hydrogens is 256 g/mol. The van der Waals surface area contributed by atoms with Gasteiger partial charge in [0.15, 0.2) is 0 Å². The molecule has 1 aromatic heterocycles. The van der Waals surface area contributed by atoms with Gasteiger partial charge >= 0.3 is 0 Å². The molecule has 2 N–H and O–H groups in total. The van der Waals surface area contributed by atoms with Gasteiger partial charge in [0, 0.05) is 25.0 Å². The number of hydrogen-bond acceptors (Lipinski definition) is 4. The topological polar surface area (TPSA) is 75.4 Å². The van der Waals surface area contributed by atoms with Crippen LogP contribution in [0.25, 0.3) is 0 Å². The largest absolute Gasteiger partial charge is 0.396 e. The molecule has 0 aliphatic heterocycles. The van der Waals surface area contributed by atoms with Crippen LogP contribution in [-0.4, -0.2) is 28.8 Å². The van der Waals surface area contributed by atoms with Crippen molar-refractivity contribution in [2.45, 2.75) is 58.4 Å². The number of aromatic nitrogens is 1. The van der Waals surface area contributed by atoms with E-state index in [4.69, 9.17) is 4.52 Å². The molecular formula is C15H24N2O3. The second kappa shape index (κ2) is 6.88. The third-order valence-corrected chi connectivity index (χ3v) is 4.19. The second-order valence-electron chi connectivity index (χ2n) is 5.58. The van der Waals surface area contributed by atoms with Gasteiger partial charge in [-0.15, -0.1) is 0 Å². The zero-order chi connectivity index (χ0) is 14.5. The van der Waals surface area contributed by atoms with Gasteiger partial charge in [0.1, 0.15) is 11.3 Å². The molecule has 0 bridgehead atoms. The number of rotatable bonds is 4. The van der Waals surface area contributed by atoms with Gasteiger partial charge in [0.05, 0.1) is 5.69 Å². The second-order valence-corrected chi connectivity index (χ2v) is 5.58. The van der Waals surface area contributed by atoms with Crippen molar-refractivity contribution in [3.05, 3.63) is 17.0 Å². The Morgan fingerprint density at radius 1 is 1.40 bits per heavy atom. The predicted molar refractivity (Wildman–Crippen MR) is 75.5 cm³/mol. The van der Waals surface area contributed by atoms with E-state index in [2.05, 4.69) is 10.5 Å². The Hall–Kier alpha value is -1.36. The Labute approximate surface area is 119 Å². The van der Waals surface area contributed by atoms with Gasteiger partial charge in [-0.05, 0) is 19.8 Å². The van der Waals surface area contributed by atoms with Crippen molar-refractivity contribution in [1.29, 1.82) is 0 Å². The van der Waals surface area contributed by atoms with Gasteiger partial charge in [0.25, 0.3) is 5.91 Å². The number of carbonyl (C=O) groups excluding carboxylic acids is 1. The summed E-state index contributed by atoms with van der Waals surface area (Å²) in [4.78, 5) is 12.5. The number of nitrogens with zero attached hydrogens (tertiary/aromatic N) is 1. The molecule has 112 valence electrons. The summed E-state index contributed by atoms with van der Waals surface area (Å²) < 4.78 is 5.17. The zero-order valence-electron chi connectivity index (χ0n) is 12.3. The van der Waals surface area contributed by atoms with E-state index in [-0.39, 0.29) is 24.5 Å². The Morgan fingerprint density at radius 3 is 2.85 bits per heavy atom. The molecule has 1 fully saturated rings. The number of aliphatic hydroxyl groups excluding tert-OH is 1. The predicted octanol–water partition coefficient (Wildman–Crippen LogP) is 2.22. The lowest BCUT2D eigenvalue weighted by atomic mass is 9.95. The summed E-state index contributed by atoms with van der Waals surface area (Å²) in [7, 11) is 0. The van der Waals surface area contributed by atoms with Crippen LogP contribution in [0.5, 0.6) is 0 Å². The van der Waals surface area contributed by atoms with Crippen LogP contribution in [-0.2, 0) is 6.42 Å². The van der Waals surface area contributed by atoms with Gasteiger partial charge in [-0.1, -0.05) is 31.3 Å². The highest BCUT2D eigenvalue weighted by Gasteiger charge is 2.27. The Morgan fingerprint density at radius 2 is 2.15 bits per heavy atom. The molecule has 1 aliphatic carbocycles. The maximum atomic E-state index is 12.5. The molecule has 1 saturated carbocycles. The number of nitrogens with one attached hydrogen (secondary N) is 1. The Balaban J connectivity index is 2.11. The van der Waals surface area contributed by atoms with Gasteiger partial charge in [-0.25, -0.2) is 0 Å². The summed E-state index contributed by atoms with van der Waals surface area (Å²) in [6, 6.07) is 0.0500. The van der Waals surface area contributed by atoms with Crippen LogP contribution in [0.3, 0.4) is 0 Å². The average molecular weight is 280 g/mol. The van der Waals surface area contributed by atoms with Gasteiger partial charge in [0.2, 0.25) is 0 Å². The Bertz CT molecular complexity index is 456. The molecule has 0 spiro atoms. The minimum atomic E-state index is -0.119. The molecule has 2 rings (SSSR count). The van der Waals surface area contributed by atoms with Crippen molar-refractivity contribution in [2.75, 3.05) is 6.61 Å². The molecule has 2 atom stereocenters. The van der Waals surface area contributed by atoms with Crippen LogP contribution in [0.1, 0.15) is 60.8 Å². The molecule has 0 saturated heterocycles. The summed E-state index contributed by atoms with van der Waals surface area (Å²) in [5.74, 6) is 0.673. The molecule has 1 aromatic rings. The monoisotopic (exact) mass is 280 g/mol. The molecule has 0 aromatic carbocycles.